The molecule has 136 valence electrons. The first-order valence-electron chi connectivity index (χ1n) is 8.53. The molecule has 1 rings (SSSR count). The van der Waals surface area contributed by atoms with Crippen molar-refractivity contribution in [3.05, 3.63) is 28.8 Å². The van der Waals surface area contributed by atoms with Crippen LogP contribution < -0.4 is 0 Å². The molecule has 0 saturated heterocycles. The van der Waals surface area contributed by atoms with Gasteiger partial charge in [0.2, 0.25) is 0 Å². The summed E-state index contributed by atoms with van der Waals surface area (Å²) >= 11 is 0. The van der Waals surface area contributed by atoms with Gasteiger partial charge in [0.05, 0.1) is 6.61 Å². The zero-order chi connectivity index (χ0) is 18.7. The van der Waals surface area contributed by atoms with Crippen molar-refractivity contribution in [1.82, 2.24) is 0 Å². The molecule has 4 heteroatoms. The summed E-state index contributed by atoms with van der Waals surface area (Å²) in [6.45, 7) is 13.9. The molecule has 4 nitrogen and oxygen atoms in total. The molecular formula is C20H32O4. The van der Waals surface area contributed by atoms with Crippen LogP contribution in [0.5, 0.6) is 5.75 Å². The van der Waals surface area contributed by atoms with Crippen LogP contribution in [0.3, 0.4) is 0 Å². The average molecular weight is 336 g/mol. The standard InChI is InChI=1S/C20H32O4/c1-13(12-21)24-17(22)9-8-14-10-15(19(2,3)4)18(23)16(11-14)20(5,6)7/h10-11,13,21,23H,8-9,12H2,1-7H3. The predicted octanol–water partition coefficient (Wildman–Crippen LogP) is 3.84. The molecule has 0 radical (unpaired) electrons. The summed E-state index contributed by atoms with van der Waals surface area (Å²) in [5.41, 5.74) is 2.41. The van der Waals surface area contributed by atoms with Gasteiger partial charge in [0, 0.05) is 6.42 Å². The van der Waals surface area contributed by atoms with Gasteiger partial charge in [-0.05, 0) is 40.9 Å². The highest BCUT2D eigenvalue weighted by Crippen LogP contribution is 2.39. The Kier molecular flexibility index (Phi) is 6.45. The van der Waals surface area contributed by atoms with E-state index in [9.17, 15) is 9.90 Å². The van der Waals surface area contributed by atoms with Gasteiger partial charge in [-0.2, -0.15) is 0 Å². The fourth-order valence-electron chi connectivity index (χ4n) is 2.55. The molecule has 0 spiro atoms. The topological polar surface area (TPSA) is 66.8 Å². The van der Waals surface area contributed by atoms with Crippen LogP contribution in [0.15, 0.2) is 12.1 Å². The van der Waals surface area contributed by atoms with Crippen LogP contribution in [0.1, 0.15) is 71.6 Å². The molecule has 0 heterocycles. The number of aliphatic hydroxyl groups excluding tert-OH is 1. The molecule has 0 aromatic heterocycles. The van der Waals surface area contributed by atoms with E-state index in [1.54, 1.807) is 6.92 Å². The third-order valence-corrected chi connectivity index (χ3v) is 3.99. The average Bonchev–Trinajstić information content (AvgIpc) is 2.43. The fraction of sp³-hybridized carbons (Fsp3) is 0.650. The Hall–Kier alpha value is -1.55. The molecule has 1 aromatic rings. The van der Waals surface area contributed by atoms with E-state index in [0.717, 1.165) is 16.7 Å². The lowest BCUT2D eigenvalue weighted by molar-refractivity contribution is -0.149. The Morgan fingerprint density at radius 3 is 1.92 bits per heavy atom. The van der Waals surface area contributed by atoms with Crippen LogP contribution in [0.25, 0.3) is 0 Å². The normalized spacial score (nSPS) is 13.7. The van der Waals surface area contributed by atoms with Gasteiger partial charge in [-0.25, -0.2) is 0 Å². The van der Waals surface area contributed by atoms with Crippen LogP contribution >= 0.6 is 0 Å². The molecule has 0 aliphatic carbocycles. The molecule has 24 heavy (non-hydrogen) atoms. The Labute approximate surface area is 145 Å². The van der Waals surface area contributed by atoms with Crippen molar-refractivity contribution in [2.24, 2.45) is 0 Å². The zero-order valence-corrected chi connectivity index (χ0v) is 16.1. The summed E-state index contributed by atoms with van der Waals surface area (Å²) in [4.78, 5) is 11.8. The maximum absolute atomic E-state index is 11.8. The number of esters is 1. The highest BCUT2D eigenvalue weighted by molar-refractivity contribution is 5.70. The van der Waals surface area contributed by atoms with Gasteiger partial charge in [-0.1, -0.05) is 53.7 Å². The Morgan fingerprint density at radius 1 is 1.08 bits per heavy atom. The number of hydrogen-bond donors (Lipinski definition) is 2. The van der Waals surface area contributed by atoms with E-state index in [4.69, 9.17) is 9.84 Å². The molecule has 2 N–H and O–H groups in total. The number of aromatic hydroxyl groups is 1. The van der Waals surface area contributed by atoms with E-state index in [1.807, 2.05) is 12.1 Å². The van der Waals surface area contributed by atoms with Gasteiger partial charge in [0.15, 0.2) is 0 Å². The molecule has 1 atom stereocenters. The van der Waals surface area contributed by atoms with Gasteiger partial charge >= 0.3 is 5.97 Å². The second-order valence-corrected chi connectivity index (χ2v) is 8.52. The third kappa shape index (κ3) is 5.52. The van der Waals surface area contributed by atoms with E-state index in [0.29, 0.717) is 12.2 Å². The predicted molar refractivity (Wildman–Crippen MR) is 96.5 cm³/mol. The van der Waals surface area contributed by atoms with Crippen molar-refractivity contribution in [3.8, 4) is 5.75 Å². The summed E-state index contributed by atoms with van der Waals surface area (Å²) in [5.74, 6) is 0.0227. The molecule has 0 aliphatic rings. The summed E-state index contributed by atoms with van der Waals surface area (Å²) < 4.78 is 5.10. The molecule has 1 unspecified atom stereocenters. The fourth-order valence-corrected chi connectivity index (χ4v) is 2.55. The first-order valence-corrected chi connectivity index (χ1v) is 8.53. The first kappa shape index (κ1) is 20.5. The molecule has 0 fully saturated rings. The Bertz CT molecular complexity index is 541. The van der Waals surface area contributed by atoms with Crippen LogP contribution in [-0.4, -0.2) is 28.9 Å². The highest BCUT2D eigenvalue weighted by atomic mass is 16.5. The van der Waals surface area contributed by atoms with Crippen molar-refractivity contribution < 1.29 is 19.7 Å². The lowest BCUT2D eigenvalue weighted by Gasteiger charge is -2.28. The van der Waals surface area contributed by atoms with Crippen LogP contribution in [-0.2, 0) is 26.8 Å². The number of rotatable bonds is 5. The van der Waals surface area contributed by atoms with Gasteiger partial charge in [-0.3, -0.25) is 4.79 Å². The molecular weight excluding hydrogens is 304 g/mol. The number of ether oxygens (including phenoxy) is 1. The summed E-state index contributed by atoms with van der Waals surface area (Å²) in [5, 5.41) is 19.6. The SMILES string of the molecule is CC(CO)OC(=O)CCc1cc(C(C)(C)C)c(O)c(C(C)(C)C)c1. The smallest absolute Gasteiger partial charge is 0.306 e. The number of carbonyl (C=O) groups is 1. The number of aliphatic hydroxyl groups is 1. The zero-order valence-electron chi connectivity index (χ0n) is 16.1. The minimum Gasteiger partial charge on any atom is -0.507 e. The van der Waals surface area contributed by atoms with Crippen molar-refractivity contribution in [3.63, 3.8) is 0 Å². The third-order valence-electron chi connectivity index (χ3n) is 3.99. The maximum Gasteiger partial charge on any atom is 0.306 e. The van der Waals surface area contributed by atoms with Gasteiger partial charge in [-0.15, -0.1) is 0 Å². The van der Waals surface area contributed by atoms with E-state index >= 15 is 0 Å². The largest absolute Gasteiger partial charge is 0.507 e. The quantitative estimate of drug-likeness (QED) is 0.802. The maximum atomic E-state index is 11.8. The van der Waals surface area contributed by atoms with E-state index in [-0.39, 0.29) is 29.8 Å². The van der Waals surface area contributed by atoms with Crippen LogP contribution in [0.2, 0.25) is 0 Å². The number of benzene rings is 1. The van der Waals surface area contributed by atoms with E-state index in [1.165, 1.54) is 0 Å². The van der Waals surface area contributed by atoms with Crippen molar-refractivity contribution in [2.45, 2.75) is 78.2 Å². The lowest BCUT2D eigenvalue weighted by Crippen LogP contribution is -2.19. The minimum absolute atomic E-state index is 0.173. The van der Waals surface area contributed by atoms with Gasteiger partial charge < -0.3 is 14.9 Å². The van der Waals surface area contributed by atoms with Crippen LogP contribution in [0.4, 0.5) is 0 Å². The molecule has 0 amide bonds. The van der Waals surface area contributed by atoms with E-state index < -0.39 is 6.10 Å². The minimum atomic E-state index is -0.479. The van der Waals surface area contributed by atoms with Gasteiger partial charge in [0.25, 0.3) is 0 Å². The lowest BCUT2D eigenvalue weighted by atomic mass is 9.78. The molecule has 1 aromatic carbocycles. The Balaban J connectivity index is 3.09. The number of phenolic OH excluding ortho intramolecular Hbond substituents is 1. The summed E-state index contributed by atoms with van der Waals surface area (Å²) in [6.07, 6.45) is 0.318. The monoisotopic (exact) mass is 336 g/mol. The van der Waals surface area contributed by atoms with Crippen molar-refractivity contribution in [2.75, 3.05) is 6.61 Å². The van der Waals surface area contributed by atoms with Crippen molar-refractivity contribution >= 4 is 5.97 Å². The van der Waals surface area contributed by atoms with Crippen LogP contribution in [0, 0.1) is 0 Å². The summed E-state index contributed by atoms with van der Waals surface area (Å²) in [6, 6.07) is 3.96. The number of carbonyl (C=O) groups excluding carboxylic acids is 1. The second-order valence-electron chi connectivity index (χ2n) is 8.52. The summed E-state index contributed by atoms with van der Waals surface area (Å²) in [7, 11) is 0. The molecule has 0 bridgehead atoms. The van der Waals surface area contributed by atoms with E-state index in [2.05, 4.69) is 41.5 Å². The Morgan fingerprint density at radius 2 is 1.54 bits per heavy atom. The van der Waals surface area contributed by atoms with Gasteiger partial charge in [0.1, 0.15) is 11.9 Å². The molecule has 0 saturated carbocycles. The first-order chi connectivity index (χ1) is 10.9. The highest BCUT2D eigenvalue weighted by Gasteiger charge is 2.26. The molecule has 0 aliphatic heterocycles. The second kappa shape index (κ2) is 7.56. The van der Waals surface area contributed by atoms with Crippen molar-refractivity contribution in [1.29, 1.82) is 0 Å². The number of phenols is 1. The number of aryl methyl sites for hydroxylation is 1. The number of hydrogen-bond acceptors (Lipinski definition) is 4.